The van der Waals surface area contributed by atoms with Crippen molar-refractivity contribution in [1.29, 1.82) is 0 Å². The number of nitrogens with one attached hydrogen (secondary N) is 1. The molecule has 0 unspecified atom stereocenters. The van der Waals surface area contributed by atoms with E-state index in [4.69, 9.17) is 4.74 Å². The summed E-state index contributed by atoms with van der Waals surface area (Å²) in [4.78, 5) is 37.3. The number of allylic oxidation sites excluding steroid dienone is 2. The van der Waals surface area contributed by atoms with Crippen molar-refractivity contribution in [1.82, 2.24) is 30.2 Å². The van der Waals surface area contributed by atoms with E-state index in [1.807, 2.05) is 40.1 Å². The van der Waals surface area contributed by atoms with Crippen molar-refractivity contribution in [3.63, 3.8) is 0 Å². The zero-order chi connectivity index (χ0) is 34.1. The standard InChI is InChI=1S/C21H26N4O2S.C16H18N4S/c1-14-23-18(13-28-14)15-11-16-17(12-15)22-6-5-19(16)24-7-9-25(10-8-24)20(26)27-21(2,3)4;1-11-19-15(10-21-11)12-8-13-14(9-12)18-3-2-16(13)20-6-4-17-5-7-20/h5-6,11,13H,7-10,12H2,1-4H3;2-3,8,10,17H,4-7,9H2,1H3. The monoisotopic (exact) mass is 696 g/mol. The molecule has 12 heteroatoms. The minimum absolute atomic E-state index is 0.229. The molecule has 4 aliphatic rings. The van der Waals surface area contributed by atoms with Crippen LogP contribution in [0, 0.1) is 13.8 Å². The molecule has 0 radical (unpaired) electrons. The van der Waals surface area contributed by atoms with Crippen molar-refractivity contribution in [3.05, 3.63) is 79.2 Å². The van der Waals surface area contributed by atoms with Gasteiger partial charge in [0.05, 0.1) is 32.8 Å². The van der Waals surface area contributed by atoms with Crippen molar-refractivity contribution < 1.29 is 9.53 Å². The second-order valence-electron chi connectivity index (χ2n) is 13.8. The number of hydrogen-bond acceptors (Lipinski definition) is 11. The minimum atomic E-state index is -0.463. The van der Waals surface area contributed by atoms with Gasteiger partial charge in [-0.25, -0.2) is 14.8 Å². The van der Waals surface area contributed by atoms with Gasteiger partial charge < -0.3 is 24.8 Å². The molecular formula is C37H44N8O2S2. The zero-order valence-electron chi connectivity index (χ0n) is 29.0. The number of anilines is 2. The van der Waals surface area contributed by atoms with Crippen LogP contribution >= 0.6 is 22.7 Å². The number of thiazole rings is 2. The third-order valence-corrected chi connectivity index (χ3v) is 10.6. The van der Waals surface area contributed by atoms with Crippen LogP contribution in [0.25, 0.3) is 23.3 Å². The fourth-order valence-corrected chi connectivity index (χ4v) is 7.96. The van der Waals surface area contributed by atoms with Gasteiger partial charge in [-0.3, -0.25) is 9.97 Å². The van der Waals surface area contributed by atoms with E-state index >= 15 is 0 Å². The molecule has 8 rings (SSSR count). The van der Waals surface area contributed by atoms with Crippen LogP contribution in [0.1, 0.15) is 64.7 Å². The van der Waals surface area contributed by atoms with Crippen LogP contribution in [0.3, 0.4) is 0 Å². The van der Waals surface area contributed by atoms with Crippen molar-refractivity contribution >= 4 is 63.4 Å². The van der Waals surface area contributed by atoms with E-state index < -0.39 is 5.60 Å². The van der Waals surface area contributed by atoms with E-state index in [1.165, 1.54) is 39.3 Å². The summed E-state index contributed by atoms with van der Waals surface area (Å²) in [5.74, 6) is 0. The van der Waals surface area contributed by atoms with Crippen molar-refractivity contribution in [2.75, 3.05) is 62.2 Å². The fourth-order valence-electron chi connectivity index (χ4n) is 6.68. The first-order valence-corrected chi connectivity index (χ1v) is 18.8. The maximum absolute atomic E-state index is 12.3. The second kappa shape index (κ2) is 14.0. The third kappa shape index (κ3) is 7.56. The smallest absolute Gasteiger partial charge is 0.410 e. The average Bonchev–Trinajstić information content (AvgIpc) is 3.90. The number of aromatic nitrogens is 4. The van der Waals surface area contributed by atoms with Gasteiger partial charge in [0.15, 0.2) is 0 Å². The lowest BCUT2D eigenvalue weighted by atomic mass is 10.1. The number of piperazine rings is 2. The number of carbonyl (C=O) groups excluding carboxylic acids is 1. The Morgan fingerprint density at radius 1 is 0.755 bits per heavy atom. The van der Waals surface area contributed by atoms with Gasteiger partial charge >= 0.3 is 6.09 Å². The SMILES string of the molecule is Cc1nc(C2=Cc3c(N4CCN(C(=O)OC(C)(C)C)CC4)ccnc3C2)cs1.Cc1nc(C2=Cc3c(N4CCNCC4)ccnc3C2)cs1. The molecule has 49 heavy (non-hydrogen) atoms. The molecule has 2 fully saturated rings. The van der Waals surface area contributed by atoms with Crippen LogP contribution in [0.2, 0.25) is 0 Å². The lowest BCUT2D eigenvalue weighted by molar-refractivity contribution is 0.0240. The normalized spacial score (nSPS) is 17.2. The third-order valence-electron chi connectivity index (χ3n) is 9.08. The Morgan fingerprint density at radius 2 is 1.24 bits per heavy atom. The number of hydrogen-bond donors (Lipinski definition) is 1. The number of carbonyl (C=O) groups is 1. The first kappa shape index (κ1) is 33.4. The number of ether oxygens (including phenoxy) is 1. The highest BCUT2D eigenvalue weighted by molar-refractivity contribution is 7.10. The quantitative estimate of drug-likeness (QED) is 0.262. The van der Waals surface area contributed by atoms with E-state index in [-0.39, 0.29) is 6.09 Å². The summed E-state index contributed by atoms with van der Waals surface area (Å²) in [5, 5.41) is 9.88. The average molecular weight is 697 g/mol. The molecule has 2 aliphatic heterocycles. The van der Waals surface area contributed by atoms with Gasteiger partial charge in [-0.05, 0) is 70.0 Å². The lowest BCUT2D eigenvalue weighted by Crippen LogP contribution is -2.50. The molecule has 0 bridgehead atoms. The molecule has 1 amide bonds. The zero-order valence-corrected chi connectivity index (χ0v) is 30.6. The predicted octanol–water partition coefficient (Wildman–Crippen LogP) is 6.35. The number of nitrogens with zero attached hydrogens (tertiary/aromatic N) is 7. The number of aryl methyl sites for hydroxylation is 2. The van der Waals surface area contributed by atoms with Crippen molar-refractivity contribution in [3.8, 4) is 0 Å². The Morgan fingerprint density at radius 3 is 1.69 bits per heavy atom. The van der Waals surface area contributed by atoms with Gasteiger partial charge in [-0.1, -0.05) is 0 Å². The van der Waals surface area contributed by atoms with E-state index in [0.717, 1.165) is 79.2 Å². The van der Waals surface area contributed by atoms with Gasteiger partial charge in [0.2, 0.25) is 0 Å². The fraction of sp³-hybridized carbons (Fsp3) is 0.432. The van der Waals surface area contributed by atoms with Crippen LogP contribution in [0.5, 0.6) is 0 Å². The largest absolute Gasteiger partial charge is 0.444 e. The Kier molecular flexibility index (Phi) is 9.54. The van der Waals surface area contributed by atoms with Gasteiger partial charge in [-0.15, -0.1) is 22.7 Å². The molecule has 4 aromatic heterocycles. The number of rotatable bonds is 4. The number of amides is 1. The summed E-state index contributed by atoms with van der Waals surface area (Å²) in [6.45, 7) is 16.9. The predicted molar refractivity (Wildman–Crippen MR) is 200 cm³/mol. The second-order valence-corrected chi connectivity index (χ2v) is 15.9. The number of pyridine rings is 2. The van der Waals surface area contributed by atoms with Crippen molar-refractivity contribution in [2.24, 2.45) is 0 Å². The molecule has 6 heterocycles. The van der Waals surface area contributed by atoms with Crippen LogP contribution < -0.4 is 15.1 Å². The summed E-state index contributed by atoms with van der Waals surface area (Å²) in [6.07, 6.45) is 9.84. The molecule has 0 aromatic carbocycles. The lowest BCUT2D eigenvalue weighted by Gasteiger charge is -2.37. The van der Waals surface area contributed by atoms with E-state index in [1.54, 1.807) is 27.6 Å². The maximum atomic E-state index is 12.3. The summed E-state index contributed by atoms with van der Waals surface area (Å²) >= 11 is 3.39. The minimum Gasteiger partial charge on any atom is -0.444 e. The van der Waals surface area contributed by atoms with E-state index in [9.17, 15) is 4.79 Å². The van der Waals surface area contributed by atoms with Crippen LogP contribution in [-0.2, 0) is 17.6 Å². The highest BCUT2D eigenvalue weighted by atomic mass is 32.1. The highest BCUT2D eigenvalue weighted by Gasteiger charge is 2.29. The Hall–Kier alpha value is -4.13. The first-order valence-electron chi connectivity index (χ1n) is 17.0. The van der Waals surface area contributed by atoms with Gasteiger partial charge in [0.25, 0.3) is 0 Å². The molecule has 0 spiro atoms. The molecule has 0 saturated carbocycles. The number of fused-ring (bicyclic) bond motifs is 2. The Bertz CT molecular complexity index is 1890. The summed E-state index contributed by atoms with van der Waals surface area (Å²) in [5.41, 5.74) is 11.5. The molecule has 10 nitrogen and oxygen atoms in total. The van der Waals surface area contributed by atoms with Gasteiger partial charge in [0.1, 0.15) is 5.60 Å². The summed E-state index contributed by atoms with van der Waals surface area (Å²) in [6, 6.07) is 4.23. The molecular weight excluding hydrogens is 653 g/mol. The maximum Gasteiger partial charge on any atom is 0.410 e. The summed E-state index contributed by atoms with van der Waals surface area (Å²) < 4.78 is 5.50. The van der Waals surface area contributed by atoms with Gasteiger partial charge in [0, 0.05) is 111 Å². The van der Waals surface area contributed by atoms with Crippen LogP contribution in [-0.4, -0.2) is 88.9 Å². The molecule has 0 atom stereocenters. The molecule has 1 N–H and O–H groups in total. The molecule has 2 aliphatic carbocycles. The van der Waals surface area contributed by atoms with E-state index in [2.05, 4.69) is 77.0 Å². The van der Waals surface area contributed by atoms with Crippen molar-refractivity contribution in [2.45, 2.75) is 53.1 Å². The van der Waals surface area contributed by atoms with Crippen LogP contribution in [0.15, 0.2) is 35.3 Å². The molecule has 2 saturated heterocycles. The Balaban J connectivity index is 0.000000160. The first-order chi connectivity index (χ1) is 23.6. The highest BCUT2D eigenvalue weighted by Crippen LogP contribution is 2.38. The van der Waals surface area contributed by atoms with Gasteiger partial charge in [-0.2, -0.15) is 0 Å². The molecule has 256 valence electrons. The topological polar surface area (TPSA) is 99.6 Å². The molecule has 4 aromatic rings. The van der Waals surface area contributed by atoms with E-state index in [0.29, 0.717) is 13.1 Å². The summed E-state index contributed by atoms with van der Waals surface area (Å²) in [7, 11) is 0. The Labute approximate surface area is 296 Å². The van der Waals surface area contributed by atoms with Crippen LogP contribution in [0.4, 0.5) is 16.2 Å².